The van der Waals surface area contributed by atoms with Crippen LogP contribution in [0.25, 0.3) is 0 Å². The van der Waals surface area contributed by atoms with Crippen LogP contribution in [-0.4, -0.2) is 40.0 Å². The van der Waals surface area contributed by atoms with Crippen LogP contribution in [0.4, 0.5) is 0 Å². The van der Waals surface area contributed by atoms with Gasteiger partial charge in [0.15, 0.2) is 0 Å². The molecule has 3 atom stereocenters. The molecule has 3 nitrogen and oxygen atoms in total. The lowest BCUT2D eigenvalue weighted by Gasteiger charge is -2.24. The van der Waals surface area contributed by atoms with E-state index in [2.05, 4.69) is 19.2 Å². The van der Waals surface area contributed by atoms with E-state index in [1.165, 1.54) is 0 Å². The van der Waals surface area contributed by atoms with E-state index in [-0.39, 0.29) is 0 Å². The summed E-state index contributed by atoms with van der Waals surface area (Å²) in [5, 5.41) is 3.38. The predicted molar refractivity (Wildman–Crippen MR) is 64.2 cm³/mol. The molecule has 0 fully saturated rings. The molecule has 0 spiro atoms. The first-order valence-electron chi connectivity index (χ1n) is 5.84. The van der Waals surface area contributed by atoms with Crippen LogP contribution in [-0.2, 0) is 9.47 Å². The van der Waals surface area contributed by atoms with Crippen molar-refractivity contribution >= 4 is 0 Å². The quantitative estimate of drug-likeness (QED) is 0.641. The molecule has 0 amide bonds. The molecule has 0 aromatic heterocycles. The molecule has 3 heteroatoms. The van der Waals surface area contributed by atoms with E-state index >= 15 is 0 Å². The SMILES string of the molecule is CNC(CCC(C)OC)C(C)CCOC. The lowest BCUT2D eigenvalue weighted by atomic mass is 9.94. The number of hydrogen-bond donors (Lipinski definition) is 1. The number of nitrogens with one attached hydrogen (secondary N) is 1. The lowest BCUT2D eigenvalue weighted by molar-refractivity contribution is 0.102. The molecule has 0 rings (SSSR count). The van der Waals surface area contributed by atoms with E-state index in [1.807, 2.05) is 7.05 Å². The van der Waals surface area contributed by atoms with Crippen molar-refractivity contribution in [1.29, 1.82) is 0 Å². The van der Waals surface area contributed by atoms with Crippen molar-refractivity contribution in [2.45, 2.75) is 45.3 Å². The van der Waals surface area contributed by atoms with Crippen LogP contribution in [0.2, 0.25) is 0 Å². The van der Waals surface area contributed by atoms with Gasteiger partial charge in [-0.3, -0.25) is 0 Å². The monoisotopic (exact) mass is 217 g/mol. The van der Waals surface area contributed by atoms with Gasteiger partial charge in [-0.05, 0) is 39.2 Å². The zero-order chi connectivity index (χ0) is 11.7. The van der Waals surface area contributed by atoms with Gasteiger partial charge in [-0.15, -0.1) is 0 Å². The van der Waals surface area contributed by atoms with Gasteiger partial charge < -0.3 is 14.8 Å². The standard InChI is InChI=1S/C12H27NO2/c1-10(8-9-14-4)12(13-3)7-6-11(2)15-5/h10-13H,6-9H2,1-5H3. The fourth-order valence-corrected chi connectivity index (χ4v) is 1.75. The Morgan fingerprint density at radius 1 is 1.07 bits per heavy atom. The van der Waals surface area contributed by atoms with E-state index in [0.29, 0.717) is 18.1 Å². The van der Waals surface area contributed by atoms with E-state index in [4.69, 9.17) is 9.47 Å². The summed E-state index contributed by atoms with van der Waals surface area (Å²) in [6.07, 6.45) is 3.74. The molecule has 0 radical (unpaired) electrons. The maximum absolute atomic E-state index is 5.25. The minimum absolute atomic E-state index is 0.357. The first-order valence-corrected chi connectivity index (χ1v) is 5.84. The molecule has 0 aromatic rings. The first kappa shape index (κ1) is 14.9. The topological polar surface area (TPSA) is 30.5 Å². The Morgan fingerprint density at radius 2 is 1.73 bits per heavy atom. The lowest BCUT2D eigenvalue weighted by Crippen LogP contribution is -2.33. The third-order valence-electron chi connectivity index (χ3n) is 3.12. The Labute approximate surface area is 94.5 Å². The van der Waals surface area contributed by atoms with Crippen LogP contribution < -0.4 is 5.32 Å². The van der Waals surface area contributed by atoms with Gasteiger partial charge in [0.2, 0.25) is 0 Å². The smallest absolute Gasteiger partial charge is 0.0543 e. The number of ether oxygens (including phenoxy) is 2. The number of methoxy groups -OCH3 is 2. The van der Waals surface area contributed by atoms with Crippen molar-refractivity contribution in [3.8, 4) is 0 Å². The Kier molecular flexibility index (Phi) is 9.06. The highest BCUT2D eigenvalue weighted by Gasteiger charge is 2.15. The molecule has 1 N–H and O–H groups in total. The second-order valence-corrected chi connectivity index (χ2v) is 4.28. The molecule has 0 bridgehead atoms. The second-order valence-electron chi connectivity index (χ2n) is 4.28. The normalized spacial score (nSPS) is 17.4. The van der Waals surface area contributed by atoms with Gasteiger partial charge in [-0.2, -0.15) is 0 Å². The summed E-state index contributed by atoms with van der Waals surface area (Å²) in [5.74, 6) is 0.652. The Bertz CT molecular complexity index is 142. The van der Waals surface area contributed by atoms with Crippen LogP contribution in [0.1, 0.15) is 33.1 Å². The molecular formula is C12H27NO2. The van der Waals surface area contributed by atoms with Crippen LogP contribution in [0, 0.1) is 5.92 Å². The van der Waals surface area contributed by atoms with E-state index in [9.17, 15) is 0 Å². The summed E-state index contributed by atoms with van der Waals surface area (Å²) in [6, 6.07) is 0.567. The van der Waals surface area contributed by atoms with Crippen molar-refractivity contribution in [2.75, 3.05) is 27.9 Å². The largest absolute Gasteiger partial charge is 0.385 e. The molecular weight excluding hydrogens is 190 g/mol. The van der Waals surface area contributed by atoms with Gasteiger partial charge in [0.25, 0.3) is 0 Å². The highest BCUT2D eigenvalue weighted by atomic mass is 16.5. The van der Waals surface area contributed by atoms with Crippen LogP contribution >= 0.6 is 0 Å². The van der Waals surface area contributed by atoms with E-state index in [0.717, 1.165) is 25.9 Å². The van der Waals surface area contributed by atoms with Crippen molar-refractivity contribution in [1.82, 2.24) is 5.32 Å². The highest BCUT2D eigenvalue weighted by Crippen LogP contribution is 2.14. The molecule has 0 aliphatic carbocycles. The third kappa shape index (κ3) is 6.88. The Hall–Kier alpha value is -0.120. The van der Waals surface area contributed by atoms with E-state index in [1.54, 1.807) is 14.2 Å². The summed E-state index contributed by atoms with van der Waals surface area (Å²) in [7, 11) is 5.56. The van der Waals surface area contributed by atoms with Gasteiger partial charge in [0.1, 0.15) is 0 Å². The molecule has 3 unspecified atom stereocenters. The molecule has 0 aliphatic rings. The van der Waals surface area contributed by atoms with Gasteiger partial charge >= 0.3 is 0 Å². The summed E-state index contributed by atoms with van der Waals surface area (Å²) in [5.41, 5.74) is 0. The minimum Gasteiger partial charge on any atom is -0.385 e. The van der Waals surface area contributed by atoms with Gasteiger partial charge in [0, 0.05) is 26.9 Å². The molecule has 0 saturated heterocycles. The minimum atomic E-state index is 0.357. The van der Waals surface area contributed by atoms with Crippen molar-refractivity contribution in [3.05, 3.63) is 0 Å². The maximum atomic E-state index is 5.25. The molecule has 0 aliphatic heterocycles. The van der Waals surface area contributed by atoms with Crippen LogP contribution in [0.3, 0.4) is 0 Å². The fourth-order valence-electron chi connectivity index (χ4n) is 1.75. The zero-order valence-electron chi connectivity index (χ0n) is 10.9. The highest BCUT2D eigenvalue weighted by molar-refractivity contribution is 4.72. The number of hydrogen-bond acceptors (Lipinski definition) is 3. The molecule has 0 heterocycles. The Balaban J connectivity index is 3.79. The summed E-state index contributed by atoms with van der Waals surface area (Å²) in [4.78, 5) is 0. The second kappa shape index (κ2) is 9.13. The fraction of sp³-hybridized carbons (Fsp3) is 1.00. The average Bonchev–Trinajstić information content (AvgIpc) is 2.26. The van der Waals surface area contributed by atoms with Gasteiger partial charge in [-0.1, -0.05) is 6.92 Å². The zero-order valence-corrected chi connectivity index (χ0v) is 10.9. The summed E-state index contributed by atoms with van der Waals surface area (Å²) >= 11 is 0. The van der Waals surface area contributed by atoms with E-state index < -0.39 is 0 Å². The van der Waals surface area contributed by atoms with Crippen molar-refractivity contribution in [3.63, 3.8) is 0 Å². The molecule has 15 heavy (non-hydrogen) atoms. The van der Waals surface area contributed by atoms with Crippen molar-refractivity contribution in [2.24, 2.45) is 5.92 Å². The third-order valence-corrected chi connectivity index (χ3v) is 3.12. The van der Waals surface area contributed by atoms with Gasteiger partial charge in [-0.25, -0.2) is 0 Å². The molecule has 0 saturated carbocycles. The molecule has 92 valence electrons. The average molecular weight is 217 g/mol. The van der Waals surface area contributed by atoms with Crippen LogP contribution in [0.15, 0.2) is 0 Å². The predicted octanol–water partition coefficient (Wildman–Crippen LogP) is 2.06. The van der Waals surface area contributed by atoms with Gasteiger partial charge in [0.05, 0.1) is 6.10 Å². The van der Waals surface area contributed by atoms with Crippen molar-refractivity contribution < 1.29 is 9.47 Å². The summed E-state index contributed by atoms with van der Waals surface area (Å²) in [6.45, 7) is 5.24. The maximum Gasteiger partial charge on any atom is 0.0543 e. The van der Waals surface area contributed by atoms with Crippen LogP contribution in [0.5, 0.6) is 0 Å². The molecule has 0 aromatic carbocycles. The summed E-state index contributed by atoms with van der Waals surface area (Å²) < 4.78 is 10.4. The number of rotatable bonds is 9. The Morgan fingerprint density at radius 3 is 2.20 bits per heavy atom. The first-order chi connectivity index (χ1) is 7.15.